The van der Waals surface area contributed by atoms with Crippen LogP contribution in [0.15, 0.2) is 46.3 Å². The molecule has 1 atom stereocenters. The summed E-state index contributed by atoms with van der Waals surface area (Å²) in [6.45, 7) is 8.81. The normalized spacial score (nSPS) is 23.1. The van der Waals surface area contributed by atoms with Crippen LogP contribution in [0.5, 0.6) is 0 Å². The van der Waals surface area contributed by atoms with E-state index in [0.717, 1.165) is 23.2 Å². The molecule has 4 nitrogen and oxygen atoms in total. The number of amidine groups is 1. The van der Waals surface area contributed by atoms with Crippen molar-refractivity contribution < 1.29 is 4.79 Å². The number of carbonyl (C=O) groups is 1. The van der Waals surface area contributed by atoms with E-state index in [0.29, 0.717) is 21.0 Å². The fourth-order valence-electron chi connectivity index (χ4n) is 4.13. The minimum absolute atomic E-state index is 0.123. The van der Waals surface area contributed by atoms with Crippen molar-refractivity contribution in [1.82, 2.24) is 5.32 Å². The second kappa shape index (κ2) is 7.78. The van der Waals surface area contributed by atoms with Crippen LogP contribution in [0, 0.1) is 6.92 Å². The number of amides is 1. The summed E-state index contributed by atoms with van der Waals surface area (Å²) in [4.78, 5) is 20.1. The number of aliphatic imine (C=N–C) groups is 1. The molecule has 156 valence electrons. The number of halogens is 1. The smallest absolute Gasteiger partial charge is 0.264 e. The molecule has 4 rings (SSSR count). The van der Waals surface area contributed by atoms with Gasteiger partial charge in [0, 0.05) is 23.3 Å². The second-order valence-electron chi connectivity index (χ2n) is 8.71. The average molecular weight is 440 g/mol. The fourth-order valence-corrected chi connectivity index (χ4v) is 5.13. The Bertz CT molecular complexity index is 1090. The van der Waals surface area contributed by atoms with E-state index < -0.39 is 0 Å². The maximum Gasteiger partial charge on any atom is 0.264 e. The van der Waals surface area contributed by atoms with Crippen molar-refractivity contribution in [2.24, 2.45) is 4.99 Å². The molecule has 1 fully saturated rings. The van der Waals surface area contributed by atoms with Crippen LogP contribution in [0.25, 0.3) is 6.08 Å². The lowest BCUT2D eigenvalue weighted by atomic mass is 9.80. The predicted octanol–water partition coefficient (Wildman–Crippen LogP) is 6.26. The zero-order chi connectivity index (χ0) is 21.6. The Morgan fingerprint density at radius 1 is 1.27 bits per heavy atom. The van der Waals surface area contributed by atoms with Gasteiger partial charge >= 0.3 is 0 Å². The van der Waals surface area contributed by atoms with E-state index in [1.54, 1.807) is 6.07 Å². The van der Waals surface area contributed by atoms with Crippen molar-refractivity contribution in [1.29, 1.82) is 0 Å². The molecular formula is C24H26ClN3OS. The van der Waals surface area contributed by atoms with Crippen LogP contribution in [-0.4, -0.2) is 23.7 Å². The van der Waals surface area contributed by atoms with Crippen LogP contribution in [-0.2, 0) is 4.79 Å². The lowest BCUT2D eigenvalue weighted by molar-refractivity contribution is -0.115. The molecule has 2 aromatic carbocycles. The molecule has 0 aromatic heterocycles. The second-order valence-corrected chi connectivity index (χ2v) is 10.2. The molecule has 0 radical (unpaired) electrons. The van der Waals surface area contributed by atoms with Crippen molar-refractivity contribution in [2.75, 3.05) is 11.9 Å². The van der Waals surface area contributed by atoms with Crippen LogP contribution in [0.1, 0.15) is 49.8 Å². The first-order valence-corrected chi connectivity index (χ1v) is 11.3. The molecule has 2 aromatic rings. The van der Waals surface area contributed by atoms with Gasteiger partial charge in [0.05, 0.1) is 10.6 Å². The van der Waals surface area contributed by atoms with Crippen molar-refractivity contribution in [3.8, 4) is 0 Å². The highest BCUT2D eigenvalue weighted by molar-refractivity contribution is 8.18. The number of nitrogens with one attached hydrogen (secondary N) is 1. The number of anilines is 1. The number of thioether (sulfide) groups is 1. The molecule has 1 unspecified atom stereocenters. The summed E-state index contributed by atoms with van der Waals surface area (Å²) >= 11 is 7.44. The molecular weight excluding hydrogens is 414 g/mol. The summed E-state index contributed by atoms with van der Waals surface area (Å²) in [6, 6.07) is 12.0. The number of carbonyl (C=O) groups excluding carboxylic acids is 1. The summed E-state index contributed by atoms with van der Waals surface area (Å²) < 4.78 is 0. The Kier molecular flexibility index (Phi) is 5.45. The van der Waals surface area contributed by atoms with Gasteiger partial charge < -0.3 is 10.2 Å². The SMILES string of the molecule is Cc1ccc(Cl)cc1N=C1NC(=O)/C(=C/c2ccc3c(c2)C(C)CC(C)(C)N3C)S1. The van der Waals surface area contributed by atoms with Crippen LogP contribution < -0.4 is 10.2 Å². The molecule has 2 heterocycles. The molecule has 0 bridgehead atoms. The van der Waals surface area contributed by atoms with Gasteiger partial charge in [0.2, 0.25) is 0 Å². The summed E-state index contributed by atoms with van der Waals surface area (Å²) in [7, 11) is 2.16. The van der Waals surface area contributed by atoms with Crippen molar-refractivity contribution in [3.63, 3.8) is 0 Å². The van der Waals surface area contributed by atoms with E-state index in [-0.39, 0.29) is 11.4 Å². The molecule has 6 heteroatoms. The predicted molar refractivity (Wildman–Crippen MR) is 129 cm³/mol. The zero-order valence-electron chi connectivity index (χ0n) is 17.9. The first-order valence-electron chi connectivity index (χ1n) is 10.1. The maximum absolute atomic E-state index is 12.5. The fraction of sp³-hybridized carbons (Fsp3) is 0.333. The monoisotopic (exact) mass is 439 g/mol. The van der Waals surface area contributed by atoms with E-state index >= 15 is 0 Å². The number of fused-ring (bicyclic) bond motifs is 1. The minimum Gasteiger partial charge on any atom is -0.369 e. The third kappa shape index (κ3) is 4.01. The van der Waals surface area contributed by atoms with Gasteiger partial charge in [-0.2, -0.15) is 0 Å². The lowest BCUT2D eigenvalue weighted by Crippen LogP contribution is -2.45. The van der Waals surface area contributed by atoms with E-state index in [9.17, 15) is 4.79 Å². The van der Waals surface area contributed by atoms with Gasteiger partial charge in [-0.25, -0.2) is 4.99 Å². The number of hydrogen-bond acceptors (Lipinski definition) is 4. The first kappa shape index (κ1) is 21.0. The highest BCUT2D eigenvalue weighted by Crippen LogP contribution is 2.43. The van der Waals surface area contributed by atoms with Crippen LogP contribution in [0.2, 0.25) is 5.02 Å². The summed E-state index contributed by atoms with van der Waals surface area (Å²) in [5, 5.41) is 4.06. The molecule has 1 amide bonds. The zero-order valence-corrected chi connectivity index (χ0v) is 19.5. The van der Waals surface area contributed by atoms with E-state index in [2.05, 4.69) is 61.2 Å². The molecule has 0 spiro atoms. The topological polar surface area (TPSA) is 44.7 Å². The van der Waals surface area contributed by atoms with Crippen molar-refractivity contribution in [3.05, 3.63) is 63.0 Å². The van der Waals surface area contributed by atoms with Crippen LogP contribution >= 0.6 is 23.4 Å². The van der Waals surface area contributed by atoms with E-state index in [1.165, 1.54) is 23.0 Å². The molecule has 2 aliphatic heterocycles. The maximum atomic E-state index is 12.5. The highest BCUT2D eigenvalue weighted by Gasteiger charge is 2.34. The van der Waals surface area contributed by atoms with Crippen LogP contribution in [0.4, 0.5) is 11.4 Å². The number of nitrogens with zero attached hydrogens (tertiary/aromatic N) is 2. The van der Waals surface area contributed by atoms with E-state index in [4.69, 9.17) is 11.6 Å². The van der Waals surface area contributed by atoms with E-state index in [1.807, 2.05) is 25.1 Å². The summed E-state index contributed by atoms with van der Waals surface area (Å²) in [5.74, 6) is 0.347. The number of hydrogen-bond donors (Lipinski definition) is 1. The molecule has 1 saturated heterocycles. The van der Waals surface area contributed by atoms with Gasteiger partial charge in [-0.05, 0) is 91.9 Å². The summed E-state index contributed by atoms with van der Waals surface area (Å²) in [6.07, 6.45) is 3.04. The van der Waals surface area contributed by atoms with Gasteiger partial charge in [0.1, 0.15) is 0 Å². The van der Waals surface area contributed by atoms with Gasteiger partial charge in [-0.3, -0.25) is 4.79 Å². The molecule has 0 aliphatic carbocycles. The quantitative estimate of drug-likeness (QED) is 0.561. The summed E-state index contributed by atoms with van der Waals surface area (Å²) in [5.41, 5.74) is 5.54. The largest absolute Gasteiger partial charge is 0.369 e. The van der Waals surface area contributed by atoms with Gasteiger partial charge in [-0.15, -0.1) is 0 Å². The number of benzene rings is 2. The first-order chi connectivity index (χ1) is 14.1. The Hall–Kier alpha value is -2.24. The highest BCUT2D eigenvalue weighted by atomic mass is 35.5. The third-order valence-electron chi connectivity index (χ3n) is 6.00. The Balaban J connectivity index is 1.62. The lowest BCUT2D eigenvalue weighted by Gasteiger charge is -2.45. The minimum atomic E-state index is -0.123. The standard InChI is InChI=1S/C24H26ClN3OS/c1-14-6-8-17(25)12-19(14)26-23-27-22(29)21(30-23)11-16-7-9-20-18(10-16)15(2)13-24(3,4)28(20)5/h6-12,15H,13H2,1-5H3,(H,26,27,29)/b21-11-. The Labute approximate surface area is 187 Å². The van der Waals surface area contributed by atoms with Crippen LogP contribution in [0.3, 0.4) is 0 Å². The van der Waals surface area contributed by atoms with Gasteiger partial charge in [-0.1, -0.05) is 30.7 Å². The van der Waals surface area contributed by atoms with Gasteiger partial charge in [0.25, 0.3) is 5.91 Å². The number of rotatable bonds is 2. The molecule has 2 aliphatic rings. The Morgan fingerprint density at radius 2 is 2.03 bits per heavy atom. The Morgan fingerprint density at radius 3 is 2.80 bits per heavy atom. The van der Waals surface area contributed by atoms with Gasteiger partial charge in [0.15, 0.2) is 5.17 Å². The molecule has 0 saturated carbocycles. The van der Waals surface area contributed by atoms with Crippen molar-refractivity contribution >= 4 is 51.9 Å². The molecule has 30 heavy (non-hydrogen) atoms. The third-order valence-corrected chi connectivity index (χ3v) is 7.14. The molecule has 1 N–H and O–H groups in total. The number of aryl methyl sites for hydroxylation is 1. The van der Waals surface area contributed by atoms with Crippen molar-refractivity contribution in [2.45, 2.75) is 45.6 Å². The average Bonchev–Trinajstić information content (AvgIpc) is 3.01.